The predicted octanol–water partition coefficient (Wildman–Crippen LogP) is 1.97. The molecule has 2 aromatic heterocycles. The van der Waals surface area contributed by atoms with Crippen molar-refractivity contribution in [2.75, 3.05) is 0 Å². The first-order chi connectivity index (χ1) is 7.90. The van der Waals surface area contributed by atoms with Gasteiger partial charge in [0.15, 0.2) is 5.65 Å². The summed E-state index contributed by atoms with van der Waals surface area (Å²) in [6.07, 6.45) is 7.93. The first-order valence-corrected chi connectivity index (χ1v) is 6.03. The normalized spacial score (nSPS) is 18.6. The van der Waals surface area contributed by atoms with Crippen LogP contribution < -0.4 is 5.73 Å². The number of aromatic nitrogens is 3. The molecule has 17 heavy (non-hydrogen) atoms. The number of rotatable bonds is 1. The molecule has 0 radical (unpaired) electrons. The van der Waals surface area contributed by atoms with Crippen LogP contribution in [0, 0.1) is 0 Å². The first-order valence-electron chi connectivity index (χ1n) is 6.03. The Morgan fingerprint density at radius 2 is 2.00 bits per heavy atom. The lowest BCUT2D eigenvalue weighted by atomic mass is 9.89. The van der Waals surface area contributed by atoms with Gasteiger partial charge in [-0.2, -0.15) is 5.10 Å². The summed E-state index contributed by atoms with van der Waals surface area (Å²) in [6, 6.07) is 0. The SMILES string of the molecule is CC(C)(C)c1cnc2c(C3(N)CC3)cnn2c1. The van der Waals surface area contributed by atoms with E-state index >= 15 is 0 Å². The zero-order valence-electron chi connectivity index (χ0n) is 10.6. The average Bonchev–Trinajstić information content (AvgIpc) is 2.85. The van der Waals surface area contributed by atoms with Gasteiger partial charge in [-0.05, 0) is 23.8 Å². The van der Waals surface area contributed by atoms with Crippen LogP contribution >= 0.6 is 0 Å². The molecular weight excluding hydrogens is 212 g/mol. The molecule has 90 valence electrons. The third-order valence-corrected chi connectivity index (χ3v) is 3.55. The first kappa shape index (κ1) is 10.7. The number of hydrogen-bond donors (Lipinski definition) is 1. The number of fused-ring (bicyclic) bond motifs is 1. The van der Waals surface area contributed by atoms with E-state index in [9.17, 15) is 0 Å². The summed E-state index contributed by atoms with van der Waals surface area (Å²) in [5, 5.41) is 4.37. The van der Waals surface area contributed by atoms with E-state index < -0.39 is 0 Å². The molecule has 4 nitrogen and oxygen atoms in total. The summed E-state index contributed by atoms with van der Waals surface area (Å²) in [7, 11) is 0. The summed E-state index contributed by atoms with van der Waals surface area (Å²) in [4.78, 5) is 4.53. The van der Waals surface area contributed by atoms with Crippen LogP contribution in [0.3, 0.4) is 0 Å². The summed E-state index contributed by atoms with van der Waals surface area (Å²) < 4.78 is 1.85. The van der Waals surface area contributed by atoms with Crippen molar-refractivity contribution >= 4 is 5.65 Å². The van der Waals surface area contributed by atoms with Crippen LogP contribution in [0.1, 0.15) is 44.7 Å². The Morgan fingerprint density at radius 1 is 1.29 bits per heavy atom. The fraction of sp³-hybridized carbons (Fsp3) is 0.538. The summed E-state index contributed by atoms with van der Waals surface area (Å²) in [5.74, 6) is 0. The molecule has 1 fully saturated rings. The molecule has 0 aliphatic heterocycles. The van der Waals surface area contributed by atoms with Crippen LogP contribution in [0.5, 0.6) is 0 Å². The molecular formula is C13H18N4. The monoisotopic (exact) mass is 230 g/mol. The summed E-state index contributed by atoms with van der Waals surface area (Å²) in [6.45, 7) is 6.52. The lowest BCUT2D eigenvalue weighted by Crippen LogP contribution is -2.19. The van der Waals surface area contributed by atoms with Gasteiger partial charge in [-0.3, -0.25) is 0 Å². The second-order valence-corrected chi connectivity index (χ2v) is 6.08. The van der Waals surface area contributed by atoms with Gasteiger partial charge in [0.05, 0.1) is 6.20 Å². The Bertz CT molecular complexity index is 573. The van der Waals surface area contributed by atoms with Crippen LogP contribution in [0.2, 0.25) is 0 Å². The van der Waals surface area contributed by atoms with E-state index in [1.54, 1.807) is 0 Å². The van der Waals surface area contributed by atoms with E-state index in [0.717, 1.165) is 24.1 Å². The van der Waals surface area contributed by atoms with Crippen LogP contribution in [0.25, 0.3) is 5.65 Å². The molecule has 0 unspecified atom stereocenters. The smallest absolute Gasteiger partial charge is 0.159 e. The van der Waals surface area contributed by atoms with Crippen molar-refractivity contribution in [2.24, 2.45) is 5.73 Å². The van der Waals surface area contributed by atoms with Gasteiger partial charge in [-0.25, -0.2) is 9.50 Å². The van der Waals surface area contributed by atoms with E-state index in [1.807, 2.05) is 16.9 Å². The summed E-state index contributed by atoms with van der Waals surface area (Å²) >= 11 is 0. The van der Waals surface area contributed by atoms with Crippen molar-refractivity contribution in [2.45, 2.75) is 44.6 Å². The molecule has 0 aromatic carbocycles. The molecule has 1 aliphatic rings. The fourth-order valence-electron chi connectivity index (χ4n) is 2.02. The summed E-state index contributed by atoms with van der Waals surface area (Å²) in [5.41, 5.74) is 9.30. The predicted molar refractivity (Wildman–Crippen MR) is 66.8 cm³/mol. The van der Waals surface area contributed by atoms with E-state index in [2.05, 4.69) is 37.1 Å². The van der Waals surface area contributed by atoms with Crippen molar-refractivity contribution in [1.82, 2.24) is 14.6 Å². The maximum Gasteiger partial charge on any atom is 0.159 e. The van der Waals surface area contributed by atoms with Gasteiger partial charge in [0, 0.05) is 23.5 Å². The lowest BCUT2D eigenvalue weighted by molar-refractivity contribution is 0.581. The molecule has 2 N–H and O–H groups in total. The molecule has 0 bridgehead atoms. The molecule has 0 spiro atoms. The third kappa shape index (κ3) is 1.63. The fourth-order valence-corrected chi connectivity index (χ4v) is 2.02. The highest BCUT2D eigenvalue weighted by molar-refractivity contribution is 5.52. The highest BCUT2D eigenvalue weighted by Crippen LogP contribution is 2.43. The Hall–Kier alpha value is -1.42. The highest BCUT2D eigenvalue weighted by Gasteiger charge is 2.42. The molecule has 1 saturated carbocycles. The van der Waals surface area contributed by atoms with Crippen molar-refractivity contribution < 1.29 is 0 Å². The molecule has 2 heterocycles. The van der Waals surface area contributed by atoms with Gasteiger partial charge in [0.2, 0.25) is 0 Å². The third-order valence-electron chi connectivity index (χ3n) is 3.55. The van der Waals surface area contributed by atoms with Crippen molar-refractivity contribution in [1.29, 1.82) is 0 Å². The van der Waals surface area contributed by atoms with Gasteiger partial charge >= 0.3 is 0 Å². The topological polar surface area (TPSA) is 56.2 Å². The Labute approximate surface area is 101 Å². The van der Waals surface area contributed by atoms with Crippen LogP contribution in [-0.2, 0) is 11.0 Å². The molecule has 0 atom stereocenters. The standard InChI is InChI=1S/C13H18N4/c1-12(2,3)9-6-15-11-10(13(14)4-5-13)7-16-17(11)8-9/h6-8H,4-5,14H2,1-3H3. The van der Waals surface area contributed by atoms with E-state index in [1.165, 1.54) is 5.56 Å². The largest absolute Gasteiger partial charge is 0.321 e. The zero-order chi connectivity index (χ0) is 12.3. The van der Waals surface area contributed by atoms with Gasteiger partial charge in [0.25, 0.3) is 0 Å². The zero-order valence-corrected chi connectivity index (χ0v) is 10.6. The Kier molecular flexibility index (Phi) is 1.94. The second-order valence-electron chi connectivity index (χ2n) is 6.08. The molecule has 2 aromatic rings. The van der Waals surface area contributed by atoms with Gasteiger partial charge in [0.1, 0.15) is 0 Å². The van der Waals surface area contributed by atoms with E-state index in [4.69, 9.17) is 5.73 Å². The molecule has 3 rings (SSSR count). The number of nitrogens with zero attached hydrogens (tertiary/aromatic N) is 3. The van der Waals surface area contributed by atoms with Crippen molar-refractivity contribution in [3.05, 3.63) is 29.7 Å². The van der Waals surface area contributed by atoms with Crippen LogP contribution in [0.4, 0.5) is 0 Å². The minimum atomic E-state index is -0.169. The van der Waals surface area contributed by atoms with Gasteiger partial charge in [-0.15, -0.1) is 0 Å². The average molecular weight is 230 g/mol. The number of nitrogens with two attached hydrogens (primary N) is 1. The maximum atomic E-state index is 6.21. The van der Waals surface area contributed by atoms with Crippen LogP contribution in [-0.4, -0.2) is 14.6 Å². The molecule has 0 saturated heterocycles. The van der Waals surface area contributed by atoms with Crippen molar-refractivity contribution in [3.63, 3.8) is 0 Å². The lowest BCUT2D eigenvalue weighted by Gasteiger charge is -2.18. The maximum absolute atomic E-state index is 6.21. The van der Waals surface area contributed by atoms with Crippen molar-refractivity contribution in [3.8, 4) is 0 Å². The van der Waals surface area contributed by atoms with E-state index in [-0.39, 0.29) is 11.0 Å². The Morgan fingerprint density at radius 3 is 2.59 bits per heavy atom. The van der Waals surface area contributed by atoms with E-state index in [0.29, 0.717) is 0 Å². The quantitative estimate of drug-likeness (QED) is 0.815. The molecule has 0 amide bonds. The second kappa shape index (κ2) is 3.07. The van der Waals surface area contributed by atoms with Gasteiger partial charge < -0.3 is 5.73 Å². The molecule has 4 heteroatoms. The number of hydrogen-bond acceptors (Lipinski definition) is 3. The van der Waals surface area contributed by atoms with Gasteiger partial charge in [-0.1, -0.05) is 20.8 Å². The van der Waals surface area contributed by atoms with Crippen LogP contribution in [0.15, 0.2) is 18.6 Å². The minimum Gasteiger partial charge on any atom is -0.321 e. The highest BCUT2D eigenvalue weighted by atomic mass is 15.2. The Balaban J connectivity index is 2.14. The molecule has 1 aliphatic carbocycles. The minimum absolute atomic E-state index is 0.0906.